The molecule has 0 bridgehead atoms. The lowest BCUT2D eigenvalue weighted by Gasteiger charge is -2.29. The maximum absolute atomic E-state index is 12.0. The zero-order valence-corrected chi connectivity index (χ0v) is 18.3. The summed E-state index contributed by atoms with van der Waals surface area (Å²) in [5, 5.41) is 0. The standard InChI is InChI=1S/C20H33ClO4S/c1-6-9-10-11-20(4,5)16-14-18(25-13-8-3)19(26(21,22)23)15-17(16)24-12-7-2/h14-15H,6-13H2,1-5H3. The topological polar surface area (TPSA) is 52.6 Å². The molecule has 0 saturated heterocycles. The van der Waals surface area contributed by atoms with Crippen LogP contribution < -0.4 is 9.47 Å². The van der Waals surface area contributed by atoms with Gasteiger partial charge in [-0.3, -0.25) is 0 Å². The van der Waals surface area contributed by atoms with Crippen LogP contribution in [0.15, 0.2) is 17.0 Å². The minimum absolute atomic E-state index is 0.0215. The zero-order chi connectivity index (χ0) is 19.8. The van der Waals surface area contributed by atoms with Crippen LogP contribution in [0.3, 0.4) is 0 Å². The van der Waals surface area contributed by atoms with Gasteiger partial charge in [0.2, 0.25) is 0 Å². The third kappa shape index (κ3) is 6.66. The van der Waals surface area contributed by atoms with Gasteiger partial charge >= 0.3 is 0 Å². The molecule has 4 nitrogen and oxygen atoms in total. The van der Waals surface area contributed by atoms with Crippen LogP contribution in [0, 0.1) is 0 Å². The first kappa shape index (κ1) is 23.1. The molecule has 1 aromatic rings. The van der Waals surface area contributed by atoms with E-state index in [0.29, 0.717) is 24.7 Å². The second-order valence-electron chi connectivity index (χ2n) is 7.27. The van der Waals surface area contributed by atoms with Crippen LogP contribution in [0.25, 0.3) is 0 Å². The Morgan fingerprint density at radius 1 is 0.923 bits per heavy atom. The highest BCUT2D eigenvalue weighted by atomic mass is 35.7. The van der Waals surface area contributed by atoms with E-state index in [1.165, 1.54) is 12.5 Å². The molecule has 150 valence electrons. The average Bonchev–Trinajstić information content (AvgIpc) is 2.57. The number of ether oxygens (including phenoxy) is 2. The van der Waals surface area contributed by atoms with Gasteiger partial charge in [0.15, 0.2) is 0 Å². The van der Waals surface area contributed by atoms with Crippen LogP contribution in [0.1, 0.15) is 78.7 Å². The van der Waals surface area contributed by atoms with E-state index in [-0.39, 0.29) is 10.3 Å². The molecule has 0 aliphatic carbocycles. The van der Waals surface area contributed by atoms with Gasteiger partial charge in [0, 0.05) is 22.3 Å². The van der Waals surface area contributed by atoms with Crippen molar-refractivity contribution in [3.63, 3.8) is 0 Å². The van der Waals surface area contributed by atoms with Gasteiger partial charge in [-0.1, -0.05) is 53.9 Å². The van der Waals surface area contributed by atoms with Crippen molar-refractivity contribution in [2.75, 3.05) is 13.2 Å². The van der Waals surface area contributed by atoms with Crippen molar-refractivity contribution in [1.82, 2.24) is 0 Å². The summed E-state index contributed by atoms with van der Waals surface area (Å²) in [5.41, 5.74) is 0.814. The van der Waals surface area contributed by atoms with Crippen LogP contribution in [-0.2, 0) is 14.5 Å². The van der Waals surface area contributed by atoms with Gasteiger partial charge in [0.1, 0.15) is 16.4 Å². The second-order valence-corrected chi connectivity index (χ2v) is 9.81. The van der Waals surface area contributed by atoms with Gasteiger partial charge in [0.25, 0.3) is 9.05 Å². The molecule has 1 aromatic carbocycles. The highest BCUT2D eigenvalue weighted by Gasteiger charge is 2.29. The fraction of sp³-hybridized carbons (Fsp3) is 0.700. The van der Waals surface area contributed by atoms with Gasteiger partial charge in [0.05, 0.1) is 13.2 Å². The Morgan fingerprint density at radius 2 is 1.50 bits per heavy atom. The third-order valence-corrected chi connectivity index (χ3v) is 5.71. The van der Waals surface area contributed by atoms with Crippen molar-refractivity contribution in [2.45, 2.75) is 83.5 Å². The quantitative estimate of drug-likeness (QED) is 0.314. The van der Waals surface area contributed by atoms with Crippen LogP contribution >= 0.6 is 10.7 Å². The minimum atomic E-state index is -3.93. The van der Waals surface area contributed by atoms with Gasteiger partial charge in [-0.25, -0.2) is 8.42 Å². The summed E-state index contributed by atoms with van der Waals surface area (Å²) in [4.78, 5) is -0.0215. The number of rotatable bonds is 12. The first-order valence-corrected chi connectivity index (χ1v) is 11.9. The molecule has 0 aromatic heterocycles. The van der Waals surface area contributed by atoms with Crippen molar-refractivity contribution in [3.05, 3.63) is 17.7 Å². The molecule has 0 aliphatic heterocycles. The van der Waals surface area contributed by atoms with E-state index >= 15 is 0 Å². The van der Waals surface area contributed by atoms with Crippen molar-refractivity contribution >= 4 is 19.7 Å². The Hall–Kier alpha value is -0.940. The Kier molecular flexibility index (Phi) is 9.25. The maximum atomic E-state index is 12.0. The summed E-state index contributed by atoms with van der Waals surface area (Å²) in [6.07, 6.45) is 6.05. The SMILES string of the molecule is CCCCCC(C)(C)c1cc(OCCC)c(S(=O)(=O)Cl)cc1OCCC. The summed E-state index contributed by atoms with van der Waals surface area (Å²) >= 11 is 0. The third-order valence-electron chi connectivity index (χ3n) is 4.37. The first-order chi connectivity index (χ1) is 12.2. The molecule has 0 amide bonds. The summed E-state index contributed by atoms with van der Waals surface area (Å²) in [6, 6.07) is 3.34. The summed E-state index contributed by atoms with van der Waals surface area (Å²) in [5.74, 6) is 0.890. The fourth-order valence-corrected chi connectivity index (χ4v) is 3.84. The van der Waals surface area contributed by atoms with Crippen LogP contribution in [-0.4, -0.2) is 21.6 Å². The normalized spacial score (nSPS) is 12.2. The number of hydrogen-bond acceptors (Lipinski definition) is 4. The molecule has 0 atom stereocenters. The molecule has 0 aliphatic rings. The number of unbranched alkanes of at least 4 members (excludes halogenated alkanes) is 2. The Morgan fingerprint density at radius 3 is 2.00 bits per heavy atom. The molecule has 0 spiro atoms. The van der Waals surface area contributed by atoms with Gasteiger partial charge < -0.3 is 9.47 Å². The largest absolute Gasteiger partial charge is 0.493 e. The average molecular weight is 405 g/mol. The maximum Gasteiger partial charge on any atom is 0.265 e. The monoisotopic (exact) mass is 404 g/mol. The predicted octanol–water partition coefficient (Wildman–Crippen LogP) is 6.05. The van der Waals surface area contributed by atoms with E-state index in [0.717, 1.165) is 37.7 Å². The summed E-state index contributed by atoms with van der Waals surface area (Å²) < 4.78 is 35.7. The van der Waals surface area contributed by atoms with E-state index in [4.69, 9.17) is 20.2 Å². The molecule has 0 radical (unpaired) electrons. The minimum Gasteiger partial charge on any atom is -0.493 e. The molecule has 0 unspecified atom stereocenters. The van der Waals surface area contributed by atoms with E-state index < -0.39 is 9.05 Å². The molecule has 26 heavy (non-hydrogen) atoms. The van der Waals surface area contributed by atoms with E-state index in [1.54, 1.807) is 0 Å². The number of halogens is 1. The Balaban J connectivity index is 3.43. The van der Waals surface area contributed by atoms with Crippen molar-refractivity contribution in [2.24, 2.45) is 0 Å². The summed E-state index contributed by atoms with van der Waals surface area (Å²) in [6.45, 7) is 11.5. The van der Waals surface area contributed by atoms with Gasteiger partial charge in [-0.05, 0) is 30.7 Å². The van der Waals surface area contributed by atoms with Crippen LogP contribution in [0.2, 0.25) is 0 Å². The van der Waals surface area contributed by atoms with E-state index in [9.17, 15) is 8.42 Å². The molecule has 0 fully saturated rings. The first-order valence-electron chi connectivity index (χ1n) is 9.56. The highest BCUT2D eigenvalue weighted by molar-refractivity contribution is 8.13. The Bertz CT molecular complexity index is 669. The molecule has 0 N–H and O–H groups in total. The fourth-order valence-electron chi connectivity index (χ4n) is 2.87. The molecular formula is C20H33ClO4S. The van der Waals surface area contributed by atoms with Crippen molar-refractivity contribution in [3.8, 4) is 11.5 Å². The van der Waals surface area contributed by atoms with E-state index in [1.807, 2.05) is 19.9 Å². The van der Waals surface area contributed by atoms with Crippen molar-refractivity contribution < 1.29 is 17.9 Å². The van der Waals surface area contributed by atoms with Crippen LogP contribution in [0.5, 0.6) is 11.5 Å². The number of benzene rings is 1. The lowest BCUT2D eigenvalue weighted by Crippen LogP contribution is -2.20. The zero-order valence-electron chi connectivity index (χ0n) is 16.7. The smallest absolute Gasteiger partial charge is 0.265 e. The molecular weight excluding hydrogens is 372 g/mol. The lowest BCUT2D eigenvalue weighted by atomic mass is 9.79. The Labute approximate surface area is 163 Å². The predicted molar refractivity (Wildman–Crippen MR) is 108 cm³/mol. The van der Waals surface area contributed by atoms with Crippen LogP contribution in [0.4, 0.5) is 0 Å². The molecule has 0 heterocycles. The summed E-state index contributed by atoms with van der Waals surface area (Å²) in [7, 11) is 1.73. The second kappa shape index (κ2) is 10.4. The number of hydrogen-bond donors (Lipinski definition) is 0. The lowest BCUT2D eigenvalue weighted by molar-refractivity contribution is 0.291. The van der Waals surface area contributed by atoms with E-state index in [2.05, 4.69) is 20.8 Å². The molecule has 6 heteroatoms. The molecule has 0 saturated carbocycles. The van der Waals surface area contributed by atoms with Gasteiger partial charge in [-0.15, -0.1) is 0 Å². The van der Waals surface area contributed by atoms with Crippen molar-refractivity contribution in [1.29, 1.82) is 0 Å². The highest BCUT2D eigenvalue weighted by Crippen LogP contribution is 2.42. The van der Waals surface area contributed by atoms with Gasteiger partial charge in [-0.2, -0.15) is 0 Å². The molecule has 1 rings (SSSR count).